The molecule has 0 spiro atoms. The zero-order valence-electron chi connectivity index (χ0n) is 16.6. The Labute approximate surface area is 169 Å². The molecule has 0 amide bonds. The first-order chi connectivity index (χ1) is 14.0. The highest BCUT2D eigenvalue weighted by atomic mass is 16.5. The predicted molar refractivity (Wildman–Crippen MR) is 111 cm³/mol. The van der Waals surface area contributed by atoms with Gasteiger partial charge in [0.1, 0.15) is 5.69 Å². The van der Waals surface area contributed by atoms with Crippen molar-refractivity contribution in [3.63, 3.8) is 0 Å². The minimum atomic E-state index is -0.461. The molecule has 6 nitrogen and oxygen atoms in total. The van der Waals surface area contributed by atoms with Crippen molar-refractivity contribution >= 4 is 0 Å². The summed E-state index contributed by atoms with van der Waals surface area (Å²) in [6.07, 6.45) is 4.82. The van der Waals surface area contributed by atoms with E-state index in [0.29, 0.717) is 11.7 Å². The molecule has 0 unspecified atom stereocenters. The van der Waals surface area contributed by atoms with Crippen molar-refractivity contribution in [2.75, 3.05) is 0 Å². The van der Waals surface area contributed by atoms with Crippen molar-refractivity contribution in [2.24, 2.45) is 5.73 Å². The van der Waals surface area contributed by atoms with Crippen LogP contribution in [0.4, 0.5) is 0 Å². The summed E-state index contributed by atoms with van der Waals surface area (Å²) in [5, 5.41) is 9.07. The molecule has 2 heterocycles. The third-order valence-electron chi connectivity index (χ3n) is 5.72. The Bertz CT molecular complexity index is 1170. The van der Waals surface area contributed by atoms with E-state index in [2.05, 4.69) is 42.2 Å². The molecule has 5 rings (SSSR count). The van der Waals surface area contributed by atoms with E-state index < -0.39 is 5.54 Å². The molecule has 0 bridgehead atoms. The summed E-state index contributed by atoms with van der Waals surface area (Å²) in [5.41, 5.74) is 11.9. The van der Waals surface area contributed by atoms with Gasteiger partial charge in [-0.3, -0.25) is 0 Å². The van der Waals surface area contributed by atoms with Gasteiger partial charge in [-0.15, -0.1) is 0 Å². The lowest BCUT2D eigenvalue weighted by atomic mass is 9.77. The molecule has 1 aliphatic carbocycles. The van der Waals surface area contributed by atoms with Crippen LogP contribution >= 0.6 is 0 Å². The van der Waals surface area contributed by atoms with E-state index in [0.717, 1.165) is 47.3 Å². The van der Waals surface area contributed by atoms with Crippen LogP contribution in [-0.2, 0) is 5.54 Å². The second-order valence-corrected chi connectivity index (χ2v) is 7.92. The minimum Gasteiger partial charge on any atom is -0.334 e. The smallest absolute Gasteiger partial charge is 0.261 e. The normalized spacial score (nSPS) is 15.3. The number of nitrogens with two attached hydrogens (primary N) is 1. The van der Waals surface area contributed by atoms with Crippen LogP contribution in [0.15, 0.2) is 59.3 Å². The largest absolute Gasteiger partial charge is 0.334 e. The molecule has 0 atom stereocenters. The number of aryl methyl sites for hydroxylation is 2. The van der Waals surface area contributed by atoms with E-state index in [1.807, 2.05) is 41.2 Å². The molecule has 6 heteroatoms. The zero-order valence-corrected chi connectivity index (χ0v) is 16.6. The summed E-state index contributed by atoms with van der Waals surface area (Å²) in [5.74, 6) is 1.03. The highest BCUT2D eigenvalue weighted by molar-refractivity contribution is 5.78. The molecular formula is C23H23N5O. The maximum atomic E-state index is 6.40. The molecule has 1 saturated carbocycles. The van der Waals surface area contributed by atoms with Gasteiger partial charge in [0.2, 0.25) is 0 Å². The predicted octanol–water partition coefficient (Wildman–Crippen LogP) is 4.54. The monoisotopic (exact) mass is 385 g/mol. The van der Waals surface area contributed by atoms with Gasteiger partial charge in [-0.05, 0) is 50.8 Å². The fraction of sp³-hybridized carbons (Fsp3) is 0.261. The van der Waals surface area contributed by atoms with E-state index in [1.165, 1.54) is 5.56 Å². The first-order valence-electron chi connectivity index (χ1n) is 9.90. The average Bonchev–Trinajstić information content (AvgIpc) is 3.34. The van der Waals surface area contributed by atoms with Crippen molar-refractivity contribution in [3.8, 4) is 28.4 Å². The Morgan fingerprint density at radius 2 is 1.83 bits per heavy atom. The molecule has 1 fully saturated rings. The lowest BCUT2D eigenvalue weighted by Crippen LogP contribution is -2.44. The Hall–Kier alpha value is -3.25. The molecule has 2 N–H and O–H groups in total. The summed E-state index contributed by atoms with van der Waals surface area (Å²) in [4.78, 5) is 4.66. The lowest BCUT2D eigenvalue weighted by Gasteiger charge is -2.34. The molecule has 0 radical (unpaired) electrons. The summed E-state index contributed by atoms with van der Waals surface area (Å²) >= 11 is 0. The first kappa shape index (κ1) is 17.8. The van der Waals surface area contributed by atoms with Crippen molar-refractivity contribution in [3.05, 3.63) is 71.7 Å². The molecular weight excluding hydrogens is 362 g/mol. The lowest BCUT2D eigenvalue weighted by molar-refractivity contribution is 0.229. The molecule has 0 saturated heterocycles. The second kappa shape index (κ2) is 6.67. The highest BCUT2D eigenvalue weighted by Gasteiger charge is 2.39. The van der Waals surface area contributed by atoms with E-state index in [1.54, 1.807) is 0 Å². The minimum absolute atomic E-state index is 0.453. The number of para-hydroxylation sites is 1. The average molecular weight is 385 g/mol. The van der Waals surface area contributed by atoms with Gasteiger partial charge in [-0.1, -0.05) is 47.1 Å². The second-order valence-electron chi connectivity index (χ2n) is 7.92. The van der Waals surface area contributed by atoms with Gasteiger partial charge in [-0.25, -0.2) is 4.68 Å². The van der Waals surface area contributed by atoms with Crippen LogP contribution in [0.5, 0.6) is 0 Å². The van der Waals surface area contributed by atoms with Crippen molar-refractivity contribution in [1.82, 2.24) is 19.9 Å². The third kappa shape index (κ3) is 3.06. The van der Waals surface area contributed by atoms with Gasteiger partial charge in [0.05, 0.1) is 16.8 Å². The molecule has 0 aliphatic heterocycles. The summed E-state index contributed by atoms with van der Waals surface area (Å²) < 4.78 is 7.51. The van der Waals surface area contributed by atoms with E-state index >= 15 is 0 Å². The van der Waals surface area contributed by atoms with E-state index in [-0.39, 0.29) is 0 Å². The summed E-state index contributed by atoms with van der Waals surface area (Å²) in [6, 6.07) is 16.4. The van der Waals surface area contributed by atoms with Crippen molar-refractivity contribution < 1.29 is 4.52 Å². The van der Waals surface area contributed by atoms with Crippen molar-refractivity contribution in [1.29, 1.82) is 0 Å². The molecule has 4 aromatic rings. The van der Waals surface area contributed by atoms with Crippen LogP contribution in [0.2, 0.25) is 0 Å². The first-order valence-corrected chi connectivity index (χ1v) is 9.90. The maximum absolute atomic E-state index is 6.40. The van der Waals surface area contributed by atoms with Crippen molar-refractivity contribution in [2.45, 2.75) is 38.6 Å². The number of benzene rings is 2. The highest BCUT2D eigenvalue weighted by Crippen LogP contribution is 2.39. The summed E-state index contributed by atoms with van der Waals surface area (Å²) in [7, 11) is 0. The van der Waals surface area contributed by atoms with Crippen LogP contribution in [0.25, 0.3) is 28.4 Å². The molecule has 146 valence electrons. The fourth-order valence-electron chi connectivity index (χ4n) is 3.84. The number of hydrogen-bond acceptors (Lipinski definition) is 5. The maximum Gasteiger partial charge on any atom is 0.261 e. The fourth-order valence-corrected chi connectivity index (χ4v) is 3.84. The number of aromatic nitrogens is 4. The van der Waals surface area contributed by atoms with Gasteiger partial charge < -0.3 is 10.3 Å². The zero-order chi connectivity index (χ0) is 20.0. The van der Waals surface area contributed by atoms with Crippen LogP contribution in [0, 0.1) is 13.8 Å². The van der Waals surface area contributed by atoms with Gasteiger partial charge in [0.15, 0.2) is 5.82 Å². The van der Waals surface area contributed by atoms with Gasteiger partial charge >= 0.3 is 0 Å². The summed E-state index contributed by atoms with van der Waals surface area (Å²) in [6.45, 7) is 4.18. The number of hydrogen-bond donors (Lipinski definition) is 1. The quantitative estimate of drug-likeness (QED) is 0.557. The topological polar surface area (TPSA) is 82.8 Å². The Morgan fingerprint density at radius 3 is 2.52 bits per heavy atom. The van der Waals surface area contributed by atoms with Crippen LogP contribution < -0.4 is 5.73 Å². The van der Waals surface area contributed by atoms with Gasteiger partial charge in [0, 0.05) is 11.8 Å². The molecule has 1 aliphatic rings. The molecule has 2 aromatic carbocycles. The van der Waals surface area contributed by atoms with E-state index in [4.69, 9.17) is 15.4 Å². The van der Waals surface area contributed by atoms with Crippen LogP contribution in [-0.4, -0.2) is 19.9 Å². The molecule has 2 aromatic heterocycles. The SMILES string of the molecule is Cc1ccc(-c2nn(-c3ccccc3)cc2-c2nc(C3(N)CCC3)no2)c(C)c1. The number of rotatable bonds is 4. The van der Waals surface area contributed by atoms with Gasteiger partial charge in [-0.2, -0.15) is 10.1 Å². The van der Waals surface area contributed by atoms with E-state index in [9.17, 15) is 0 Å². The molecule has 29 heavy (non-hydrogen) atoms. The third-order valence-corrected chi connectivity index (χ3v) is 5.72. The van der Waals surface area contributed by atoms with Crippen LogP contribution in [0.3, 0.4) is 0 Å². The van der Waals surface area contributed by atoms with Gasteiger partial charge in [0.25, 0.3) is 5.89 Å². The Morgan fingerprint density at radius 1 is 1.03 bits per heavy atom. The van der Waals surface area contributed by atoms with Crippen LogP contribution in [0.1, 0.15) is 36.2 Å². The Kier molecular flexibility index (Phi) is 4.10. The number of nitrogens with zero attached hydrogens (tertiary/aromatic N) is 4. The Balaban J connectivity index is 1.66. The standard InChI is InChI=1S/C23H23N5O/c1-15-9-10-18(16(2)13-15)20-19(14-28(26-20)17-7-4-3-5-8-17)21-25-22(27-29-21)23(24)11-6-12-23/h3-5,7-10,13-14H,6,11-12,24H2,1-2H3.